The van der Waals surface area contributed by atoms with Gasteiger partial charge in [0.05, 0.1) is 4.90 Å². The fraction of sp³-hybridized carbons (Fsp3) is 0.417. The number of rotatable bonds is 2. The summed E-state index contributed by atoms with van der Waals surface area (Å²) in [4.78, 5) is 12.9. The zero-order chi connectivity index (χ0) is 15.6. The van der Waals surface area contributed by atoms with Crippen LogP contribution in [0.25, 0.3) is 0 Å². The van der Waals surface area contributed by atoms with Crippen molar-refractivity contribution in [3.63, 3.8) is 0 Å². The number of carbonyl (C=O) groups is 1. The fourth-order valence-electron chi connectivity index (χ4n) is 2.17. The summed E-state index contributed by atoms with van der Waals surface area (Å²) in [6, 6.07) is 4.50. The van der Waals surface area contributed by atoms with E-state index in [1.54, 1.807) is 18.2 Å². The highest BCUT2D eigenvalue weighted by molar-refractivity contribution is 9.11. The lowest BCUT2D eigenvalue weighted by Crippen LogP contribution is -2.39. The monoisotopic (exact) mass is 439 g/mol. The molecule has 116 valence electrons. The summed E-state index contributed by atoms with van der Waals surface area (Å²) >= 11 is 6.56. The fourth-order valence-corrected chi connectivity index (χ4v) is 5.10. The van der Waals surface area contributed by atoms with Crippen LogP contribution in [0.4, 0.5) is 4.79 Å². The Balaban J connectivity index is 2.27. The highest BCUT2D eigenvalue weighted by atomic mass is 79.9. The van der Waals surface area contributed by atoms with Crippen molar-refractivity contribution in [2.24, 2.45) is 5.73 Å². The van der Waals surface area contributed by atoms with Gasteiger partial charge in [-0.15, -0.1) is 0 Å². The molecule has 0 bridgehead atoms. The summed E-state index contributed by atoms with van der Waals surface area (Å²) in [6.07, 6.45) is 0.563. The van der Waals surface area contributed by atoms with Crippen LogP contribution in [0.2, 0.25) is 0 Å². The maximum atomic E-state index is 12.7. The molecule has 9 heteroatoms. The summed E-state index contributed by atoms with van der Waals surface area (Å²) in [7, 11) is -3.61. The topological polar surface area (TPSA) is 83.7 Å². The average Bonchev–Trinajstić information content (AvgIpc) is 2.67. The third-order valence-electron chi connectivity index (χ3n) is 3.28. The highest BCUT2D eigenvalue weighted by Crippen LogP contribution is 2.28. The van der Waals surface area contributed by atoms with Crippen LogP contribution in [-0.2, 0) is 10.0 Å². The molecular weight excluding hydrogens is 426 g/mol. The number of nitrogens with two attached hydrogens (primary N) is 1. The summed E-state index contributed by atoms with van der Waals surface area (Å²) in [5, 5.41) is 0. The first kappa shape index (κ1) is 16.7. The van der Waals surface area contributed by atoms with Crippen molar-refractivity contribution in [1.29, 1.82) is 0 Å². The number of primary amides is 1. The van der Waals surface area contributed by atoms with E-state index in [2.05, 4.69) is 31.9 Å². The van der Waals surface area contributed by atoms with Gasteiger partial charge in [0.2, 0.25) is 10.0 Å². The number of benzene rings is 1. The number of nitrogens with zero attached hydrogens (tertiary/aromatic N) is 2. The third-order valence-corrected chi connectivity index (χ3v) is 6.66. The van der Waals surface area contributed by atoms with E-state index in [-0.39, 0.29) is 11.4 Å². The van der Waals surface area contributed by atoms with Crippen LogP contribution < -0.4 is 5.73 Å². The minimum Gasteiger partial charge on any atom is -0.351 e. The summed E-state index contributed by atoms with van der Waals surface area (Å²) in [5.74, 6) is 0. The molecule has 2 rings (SSSR count). The van der Waals surface area contributed by atoms with Gasteiger partial charge in [-0.05, 0) is 40.5 Å². The summed E-state index contributed by atoms with van der Waals surface area (Å²) in [6.45, 7) is 1.39. The van der Waals surface area contributed by atoms with Gasteiger partial charge in [0.25, 0.3) is 0 Å². The molecule has 0 saturated carbocycles. The van der Waals surface area contributed by atoms with E-state index in [1.165, 1.54) is 9.21 Å². The first-order valence-electron chi connectivity index (χ1n) is 6.32. The van der Waals surface area contributed by atoms with Gasteiger partial charge in [0.1, 0.15) is 0 Å². The molecule has 2 N–H and O–H groups in total. The van der Waals surface area contributed by atoms with Gasteiger partial charge in [0.15, 0.2) is 0 Å². The van der Waals surface area contributed by atoms with Gasteiger partial charge in [-0.25, -0.2) is 13.2 Å². The predicted octanol–water partition coefficient (Wildman–Crippen LogP) is 1.99. The van der Waals surface area contributed by atoms with E-state index in [9.17, 15) is 13.2 Å². The molecule has 1 aliphatic heterocycles. The molecule has 21 heavy (non-hydrogen) atoms. The zero-order valence-electron chi connectivity index (χ0n) is 11.1. The molecule has 1 saturated heterocycles. The molecule has 1 heterocycles. The Morgan fingerprint density at radius 1 is 1.14 bits per heavy atom. The maximum absolute atomic E-state index is 12.7. The van der Waals surface area contributed by atoms with E-state index in [1.807, 2.05) is 0 Å². The van der Waals surface area contributed by atoms with Crippen LogP contribution in [0.3, 0.4) is 0 Å². The molecular formula is C12H15Br2N3O3S. The van der Waals surface area contributed by atoms with Gasteiger partial charge in [-0.3, -0.25) is 0 Å². The minimum absolute atomic E-state index is 0.212. The van der Waals surface area contributed by atoms with Crippen LogP contribution in [0.5, 0.6) is 0 Å². The van der Waals surface area contributed by atoms with Crippen LogP contribution in [-0.4, -0.2) is 49.8 Å². The molecule has 1 fully saturated rings. The Bertz CT molecular complexity index is 651. The summed E-state index contributed by atoms with van der Waals surface area (Å²) < 4.78 is 28.1. The molecule has 0 atom stereocenters. The van der Waals surface area contributed by atoms with Crippen LogP contribution in [0.15, 0.2) is 32.0 Å². The van der Waals surface area contributed by atoms with E-state index in [4.69, 9.17) is 5.73 Å². The van der Waals surface area contributed by atoms with Crippen molar-refractivity contribution < 1.29 is 13.2 Å². The number of sulfonamides is 1. The van der Waals surface area contributed by atoms with Gasteiger partial charge < -0.3 is 10.6 Å². The number of carbonyl (C=O) groups excluding carboxylic acids is 1. The van der Waals surface area contributed by atoms with E-state index in [0.717, 1.165) is 0 Å². The number of hydrogen-bond acceptors (Lipinski definition) is 3. The number of halogens is 2. The van der Waals surface area contributed by atoms with E-state index >= 15 is 0 Å². The Morgan fingerprint density at radius 3 is 2.52 bits per heavy atom. The minimum atomic E-state index is -3.61. The van der Waals surface area contributed by atoms with Crippen LogP contribution in [0.1, 0.15) is 6.42 Å². The summed E-state index contributed by atoms with van der Waals surface area (Å²) in [5.41, 5.74) is 5.25. The Labute approximate surface area is 140 Å². The SMILES string of the molecule is NC(=O)N1CCCN(S(=O)(=O)c2cc(Br)ccc2Br)CC1. The highest BCUT2D eigenvalue weighted by Gasteiger charge is 2.29. The van der Waals surface area contributed by atoms with Crippen molar-refractivity contribution in [2.75, 3.05) is 26.2 Å². The second-order valence-electron chi connectivity index (χ2n) is 4.66. The average molecular weight is 441 g/mol. The van der Waals surface area contributed by atoms with E-state index in [0.29, 0.717) is 35.0 Å². The lowest BCUT2D eigenvalue weighted by molar-refractivity contribution is 0.210. The Hall–Kier alpha value is -0.640. The first-order valence-corrected chi connectivity index (χ1v) is 9.34. The Kier molecular flexibility index (Phi) is 5.29. The van der Waals surface area contributed by atoms with Crippen molar-refractivity contribution in [3.8, 4) is 0 Å². The van der Waals surface area contributed by atoms with Gasteiger partial charge in [-0.1, -0.05) is 15.9 Å². The molecule has 0 spiro atoms. The van der Waals surface area contributed by atoms with Gasteiger partial charge in [-0.2, -0.15) is 4.31 Å². The lowest BCUT2D eigenvalue weighted by Gasteiger charge is -2.21. The van der Waals surface area contributed by atoms with Crippen molar-refractivity contribution in [3.05, 3.63) is 27.1 Å². The molecule has 1 aromatic rings. The normalized spacial score (nSPS) is 17.5. The smallest absolute Gasteiger partial charge is 0.314 e. The molecule has 2 amide bonds. The zero-order valence-corrected chi connectivity index (χ0v) is 15.1. The lowest BCUT2D eigenvalue weighted by atomic mass is 10.4. The standard InChI is InChI=1S/C12H15Br2N3O3S/c13-9-2-3-10(14)11(8-9)21(19,20)17-5-1-4-16(6-7-17)12(15)18/h2-3,8H,1,4-7H2,(H2,15,18). The molecule has 0 radical (unpaired) electrons. The van der Waals surface area contributed by atoms with Gasteiger partial charge >= 0.3 is 6.03 Å². The molecule has 6 nitrogen and oxygen atoms in total. The van der Waals surface area contributed by atoms with Crippen LogP contribution >= 0.6 is 31.9 Å². The molecule has 0 aromatic heterocycles. The number of amides is 2. The van der Waals surface area contributed by atoms with Crippen LogP contribution in [0, 0.1) is 0 Å². The van der Waals surface area contributed by atoms with Crippen molar-refractivity contribution in [2.45, 2.75) is 11.3 Å². The first-order chi connectivity index (χ1) is 9.82. The maximum Gasteiger partial charge on any atom is 0.314 e. The third kappa shape index (κ3) is 3.77. The van der Waals surface area contributed by atoms with Crippen molar-refractivity contribution in [1.82, 2.24) is 9.21 Å². The molecule has 0 aliphatic carbocycles. The van der Waals surface area contributed by atoms with Gasteiger partial charge in [0, 0.05) is 35.1 Å². The predicted molar refractivity (Wildman–Crippen MR) is 86.4 cm³/mol. The number of urea groups is 1. The quantitative estimate of drug-likeness (QED) is 0.763. The molecule has 1 aliphatic rings. The molecule has 0 unspecified atom stereocenters. The Morgan fingerprint density at radius 2 is 1.86 bits per heavy atom. The van der Waals surface area contributed by atoms with E-state index < -0.39 is 16.1 Å². The second kappa shape index (κ2) is 6.64. The van der Waals surface area contributed by atoms with Crippen molar-refractivity contribution >= 4 is 47.9 Å². The second-order valence-corrected chi connectivity index (χ2v) is 8.33. The number of hydrogen-bond donors (Lipinski definition) is 1. The largest absolute Gasteiger partial charge is 0.351 e. The molecule has 1 aromatic carbocycles.